The van der Waals surface area contributed by atoms with Gasteiger partial charge in [-0.1, -0.05) is 30.3 Å². The molecule has 4 rings (SSSR count). The SMILES string of the molecule is COc1cc2c(cc1OC)[C@@H](c1ccccc1)N(C(=O)CN1CCC[C@@H](C(N)=O)C1)CC2. The lowest BCUT2D eigenvalue weighted by molar-refractivity contribution is -0.136. The molecule has 2 aliphatic rings. The molecule has 0 aliphatic carbocycles. The van der Waals surface area contributed by atoms with E-state index < -0.39 is 0 Å². The zero-order valence-electron chi connectivity index (χ0n) is 18.8. The Morgan fingerprint density at radius 3 is 2.47 bits per heavy atom. The van der Waals surface area contributed by atoms with E-state index >= 15 is 0 Å². The van der Waals surface area contributed by atoms with E-state index in [2.05, 4.69) is 17.0 Å². The quantitative estimate of drug-likeness (QED) is 0.750. The van der Waals surface area contributed by atoms with E-state index in [0.717, 1.165) is 42.5 Å². The fourth-order valence-corrected chi connectivity index (χ4v) is 4.92. The number of rotatable bonds is 6. The highest BCUT2D eigenvalue weighted by Gasteiger charge is 2.34. The van der Waals surface area contributed by atoms with Crippen molar-refractivity contribution in [1.82, 2.24) is 9.80 Å². The topological polar surface area (TPSA) is 85.1 Å². The molecule has 0 aromatic heterocycles. The van der Waals surface area contributed by atoms with Crippen LogP contribution in [0.2, 0.25) is 0 Å². The van der Waals surface area contributed by atoms with Crippen LogP contribution in [-0.4, -0.2) is 62.0 Å². The van der Waals surface area contributed by atoms with E-state index in [-0.39, 0.29) is 30.3 Å². The number of methoxy groups -OCH3 is 2. The van der Waals surface area contributed by atoms with Gasteiger partial charge in [0.2, 0.25) is 11.8 Å². The minimum absolute atomic E-state index is 0.0596. The zero-order valence-corrected chi connectivity index (χ0v) is 18.8. The Bertz CT molecular complexity index is 979. The van der Waals surface area contributed by atoms with E-state index in [1.807, 2.05) is 35.2 Å². The van der Waals surface area contributed by atoms with Crippen LogP contribution in [0.1, 0.15) is 35.6 Å². The molecule has 1 saturated heterocycles. The second-order valence-corrected chi connectivity index (χ2v) is 8.53. The van der Waals surface area contributed by atoms with Crippen molar-refractivity contribution in [1.29, 1.82) is 0 Å². The van der Waals surface area contributed by atoms with Gasteiger partial charge in [0.05, 0.1) is 32.7 Å². The summed E-state index contributed by atoms with van der Waals surface area (Å²) in [6.45, 7) is 2.26. The molecule has 0 bridgehead atoms. The number of likely N-dealkylation sites (tertiary alicyclic amines) is 1. The molecule has 2 aromatic carbocycles. The Morgan fingerprint density at radius 1 is 1.06 bits per heavy atom. The van der Waals surface area contributed by atoms with Crippen molar-refractivity contribution in [3.05, 3.63) is 59.2 Å². The predicted molar refractivity (Wildman–Crippen MR) is 122 cm³/mol. The van der Waals surface area contributed by atoms with Crippen molar-refractivity contribution in [2.75, 3.05) is 40.4 Å². The van der Waals surface area contributed by atoms with E-state index in [9.17, 15) is 9.59 Å². The van der Waals surface area contributed by atoms with E-state index in [1.54, 1.807) is 14.2 Å². The van der Waals surface area contributed by atoms with E-state index in [4.69, 9.17) is 15.2 Å². The summed E-state index contributed by atoms with van der Waals surface area (Å²) in [5.74, 6) is 0.951. The molecule has 0 radical (unpaired) electrons. The number of nitrogens with two attached hydrogens (primary N) is 1. The summed E-state index contributed by atoms with van der Waals surface area (Å²) < 4.78 is 11.1. The van der Waals surface area contributed by atoms with Crippen LogP contribution in [0.25, 0.3) is 0 Å². The van der Waals surface area contributed by atoms with Gasteiger partial charge in [-0.25, -0.2) is 0 Å². The molecule has 1 fully saturated rings. The van der Waals surface area contributed by atoms with Gasteiger partial charge in [-0.15, -0.1) is 0 Å². The van der Waals surface area contributed by atoms with Gasteiger partial charge < -0.3 is 20.1 Å². The third-order valence-corrected chi connectivity index (χ3v) is 6.58. The first-order valence-corrected chi connectivity index (χ1v) is 11.1. The van der Waals surface area contributed by atoms with Crippen LogP contribution >= 0.6 is 0 Å². The number of nitrogens with zero attached hydrogens (tertiary/aromatic N) is 2. The zero-order chi connectivity index (χ0) is 22.7. The van der Waals surface area contributed by atoms with Crippen molar-refractivity contribution in [2.24, 2.45) is 11.7 Å². The lowest BCUT2D eigenvalue weighted by Gasteiger charge is -2.40. The molecule has 0 unspecified atom stereocenters. The average molecular weight is 438 g/mol. The Kier molecular flexibility index (Phi) is 6.65. The summed E-state index contributed by atoms with van der Waals surface area (Å²) in [4.78, 5) is 29.2. The number of benzene rings is 2. The van der Waals surface area contributed by atoms with Gasteiger partial charge in [0, 0.05) is 13.1 Å². The summed E-state index contributed by atoms with van der Waals surface area (Å²) in [5.41, 5.74) is 8.80. The molecular weight excluding hydrogens is 406 g/mol. The van der Waals surface area contributed by atoms with Crippen LogP contribution in [0.3, 0.4) is 0 Å². The third-order valence-electron chi connectivity index (χ3n) is 6.58. The van der Waals surface area contributed by atoms with Crippen LogP contribution in [0.5, 0.6) is 11.5 Å². The van der Waals surface area contributed by atoms with E-state index in [0.29, 0.717) is 24.6 Å². The lowest BCUT2D eigenvalue weighted by atomic mass is 9.87. The molecule has 32 heavy (non-hydrogen) atoms. The summed E-state index contributed by atoms with van der Waals surface area (Å²) in [7, 11) is 3.26. The smallest absolute Gasteiger partial charge is 0.237 e. The van der Waals surface area contributed by atoms with Crippen molar-refractivity contribution in [3.63, 3.8) is 0 Å². The van der Waals surface area contributed by atoms with Gasteiger partial charge in [0.15, 0.2) is 11.5 Å². The van der Waals surface area contributed by atoms with Crippen molar-refractivity contribution in [2.45, 2.75) is 25.3 Å². The molecule has 2 heterocycles. The summed E-state index contributed by atoms with van der Waals surface area (Å²) in [6, 6.07) is 13.9. The van der Waals surface area contributed by atoms with Gasteiger partial charge in [0.25, 0.3) is 0 Å². The number of fused-ring (bicyclic) bond motifs is 1. The predicted octanol–water partition coefficient (Wildman–Crippen LogP) is 2.38. The molecule has 170 valence electrons. The highest BCUT2D eigenvalue weighted by Crippen LogP contribution is 2.41. The first-order chi connectivity index (χ1) is 15.5. The highest BCUT2D eigenvalue weighted by atomic mass is 16.5. The van der Waals surface area contributed by atoms with Gasteiger partial charge in [-0.3, -0.25) is 14.5 Å². The molecule has 2 aromatic rings. The molecule has 0 saturated carbocycles. The first-order valence-electron chi connectivity index (χ1n) is 11.1. The van der Waals surface area contributed by atoms with Crippen LogP contribution < -0.4 is 15.2 Å². The Labute approximate surface area is 189 Å². The van der Waals surface area contributed by atoms with Crippen molar-refractivity contribution in [3.8, 4) is 11.5 Å². The summed E-state index contributed by atoms with van der Waals surface area (Å²) >= 11 is 0. The van der Waals surface area contributed by atoms with Gasteiger partial charge in [-0.2, -0.15) is 0 Å². The Morgan fingerprint density at radius 2 is 1.78 bits per heavy atom. The molecular formula is C25H31N3O4. The molecule has 7 nitrogen and oxygen atoms in total. The fourth-order valence-electron chi connectivity index (χ4n) is 4.92. The molecule has 2 N–H and O–H groups in total. The van der Waals surface area contributed by atoms with Crippen LogP contribution in [0, 0.1) is 5.92 Å². The lowest BCUT2D eigenvalue weighted by Crippen LogP contribution is -2.49. The second kappa shape index (κ2) is 9.61. The number of hydrogen-bond acceptors (Lipinski definition) is 5. The number of ether oxygens (including phenoxy) is 2. The molecule has 2 amide bonds. The number of amides is 2. The number of primary amides is 1. The van der Waals surface area contributed by atoms with Gasteiger partial charge in [0.1, 0.15) is 0 Å². The third kappa shape index (κ3) is 4.43. The normalized spacial score (nSPS) is 21.0. The van der Waals surface area contributed by atoms with Gasteiger partial charge >= 0.3 is 0 Å². The van der Waals surface area contributed by atoms with Crippen LogP contribution in [0.15, 0.2) is 42.5 Å². The maximum Gasteiger partial charge on any atom is 0.237 e. The largest absolute Gasteiger partial charge is 0.493 e. The number of hydrogen-bond donors (Lipinski definition) is 1. The monoisotopic (exact) mass is 437 g/mol. The number of carbonyl (C=O) groups excluding carboxylic acids is 2. The highest BCUT2D eigenvalue weighted by molar-refractivity contribution is 5.80. The minimum atomic E-state index is -0.280. The molecule has 0 spiro atoms. The fraction of sp³-hybridized carbons (Fsp3) is 0.440. The maximum absolute atomic E-state index is 13.5. The molecule has 7 heteroatoms. The number of piperidine rings is 1. The van der Waals surface area contributed by atoms with Crippen molar-refractivity contribution >= 4 is 11.8 Å². The molecule has 2 atom stereocenters. The van der Waals surface area contributed by atoms with E-state index in [1.165, 1.54) is 0 Å². The average Bonchev–Trinajstić information content (AvgIpc) is 2.82. The van der Waals surface area contributed by atoms with Gasteiger partial charge in [-0.05, 0) is 54.6 Å². The Hall–Kier alpha value is -3.06. The second-order valence-electron chi connectivity index (χ2n) is 8.53. The Balaban J connectivity index is 1.65. The standard InChI is InChI=1S/C25H31N3O4/c1-31-21-13-18-10-12-28(23(29)16-27-11-6-9-19(15-27)25(26)30)24(17-7-4-3-5-8-17)20(18)14-22(21)32-2/h3-5,7-8,13-14,19,24H,6,9-12,15-16H2,1-2H3,(H2,26,30)/t19-,24-/m1/s1. The minimum Gasteiger partial charge on any atom is -0.493 e. The summed E-state index contributed by atoms with van der Waals surface area (Å²) in [6.07, 6.45) is 2.42. The first kappa shape index (κ1) is 22.1. The van der Waals surface area contributed by atoms with Crippen LogP contribution in [-0.2, 0) is 16.0 Å². The van der Waals surface area contributed by atoms with Crippen molar-refractivity contribution < 1.29 is 19.1 Å². The number of carbonyl (C=O) groups is 2. The van der Waals surface area contributed by atoms with Crippen LogP contribution in [0.4, 0.5) is 0 Å². The maximum atomic E-state index is 13.5. The summed E-state index contributed by atoms with van der Waals surface area (Å²) in [5, 5.41) is 0. The molecule has 2 aliphatic heterocycles.